The number of hydrogen-bond donors (Lipinski definition) is 3. The van der Waals surface area contributed by atoms with Crippen molar-refractivity contribution < 1.29 is 27.3 Å². The van der Waals surface area contributed by atoms with Crippen molar-refractivity contribution in [2.75, 3.05) is 45.4 Å². The van der Waals surface area contributed by atoms with Crippen LogP contribution in [0.25, 0.3) is 10.9 Å². The van der Waals surface area contributed by atoms with E-state index in [4.69, 9.17) is 4.74 Å². The minimum absolute atomic E-state index is 0.168. The molecular formula is C30H35F3N5O2+. The first-order chi connectivity index (χ1) is 19.1. The summed E-state index contributed by atoms with van der Waals surface area (Å²) < 4.78 is 49.5. The molecule has 0 atom stereocenters. The number of aromatic nitrogens is 1. The van der Waals surface area contributed by atoms with Crippen LogP contribution in [-0.4, -0.2) is 67.8 Å². The van der Waals surface area contributed by atoms with Crippen LogP contribution in [0.5, 0.6) is 5.75 Å². The number of fused-ring (bicyclic) bond motifs is 1. The summed E-state index contributed by atoms with van der Waals surface area (Å²) in [6, 6.07) is 12.3. The molecule has 3 aromatic rings. The fourth-order valence-electron chi connectivity index (χ4n) is 5.02. The molecule has 0 aliphatic heterocycles. The molecule has 1 amide bonds. The highest BCUT2D eigenvalue weighted by Crippen LogP contribution is 2.32. The summed E-state index contributed by atoms with van der Waals surface area (Å²) >= 11 is 0. The largest absolute Gasteiger partial charge is 0.495 e. The SMILES string of the molecule is CNC(=O)c1ccc(NCC#Cc2cc3c(NC4CCC(=[N+](C)C)CC4)cccc3n2CC(F)(F)F)c(OC)c1. The van der Waals surface area contributed by atoms with Gasteiger partial charge >= 0.3 is 6.18 Å². The second kappa shape index (κ2) is 12.4. The maximum atomic E-state index is 13.6. The van der Waals surface area contributed by atoms with Crippen molar-refractivity contribution in [1.82, 2.24) is 9.88 Å². The first-order valence-electron chi connectivity index (χ1n) is 13.2. The van der Waals surface area contributed by atoms with Gasteiger partial charge < -0.3 is 25.3 Å². The van der Waals surface area contributed by atoms with Crippen LogP contribution in [0.4, 0.5) is 24.5 Å². The van der Waals surface area contributed by atoms with Gasteiger partial charge in [0.2, 0.25) is 0 Å². The zero-order chi connectivity index (χ0) is 28.9. The number of alkyl halides is 3. The van der Waals surface area contributed by atoms with Crippen molar-refractivity contribution in [2.24, 2.45) is 0 Å². The van der Waals surface area contributed by atoms with Crippen LogP contribution in [0.15, 0.2) is 42.5 Å². The molecule has 0 saturated heterocycles. The molecule has 10 heteroatoms. The van der Waals surface area contributed by atoms with Gasteiger partial charge in [-0.2, -0.15) is 13.2 Å². The third-order valence-electron chi connectivity index (χ3n) is 7.11. The van der Waals surface area contributed by atoms with E-state index in [1.54, 1.807) is 43.4 Å². The molecule has 0 unspecified atom stereocenters. The van der Waals surface area contributed by atoms with Gasteiger partial charge in [0.05, 0.1) is 30.6 Å². The number of halogens is 3. The topological polar surface area (TPSA) is 70.3 Å². The van der Waals surface area contributed by atoms with Crippen LogP contribution >= 0.6 is 0 Å². The molecule has 7 nitrogen and oxygen atoms in total. The van der Waals surface area contributed by atoms with Gasteiger partial charge in [-0.15, -0.1) is 0 Å². The van der Waals surface area contributed by atoms with Crippen LogP contribution in [0, 0.1) is 11.8 Å². The number of anilines is 2. The molecular weight excluding hydrogens is 519 g/mol. The summed E-state index contributed by atoms with van der Waals surface area (Å²) in [6.07, 6.45) is -0.457. The first kappa shape index (κ1) is 28.9. The minimum atomic E-state index is -4.40. The Hall–Kier alpha value is -4.13. The van der Waals surface area contributed by atoms with Crippen molar-refractivity contribution in [3.8, 4) is 17.6 Å². The van der Waals surface area contributed by atoms with Crippen molar-refractivity contribution >= 4 is 33.9 Å². The number of benzene rings is 2. The number of carbonyl (C=O) groups excluding carboxylic acids is 1. The first-order valence-corrected chi connectivity index (χ1v) is 13.2. The standard InChI is InChI=1S/C30H34F3N5O2/c1-34-29(39)20-10-15-26(28(17-20)40-4)35-16-6-7-23-18-24-25(36-21-11-13-22(14-12-21)37(2)3)8-5-9-27(24)38(23)19-30(31,32)33/h5,8-10,15,17-18,21,36H,11-14,16,19H2,1-4H3,(H-,34,35,39)/p+1. The van der Waals surface area contributed by atoms with Crippen molar-refractivity contribution in [3.63, 3.8) is 0 Å². The predicted molar refractivity (Wildman–Crippen MR) is 153 cm³/mol. The van der Waals surface area contributed by atoms with E-state index in [0.717, 1.165) is 36.8 Å². The minimum Gasteiger partial charge on any atom is -0.495 e. The lowest BCUT2D eigenvalue weighted by Crippen LogP contribution is -2.29. The summed E-state index contributed by atoms with van der Waals surface area (Å²) in [5.74, 6) is 6.09. The highest BCUT2D eigenvalue weighted by Gasteiger charge is 2.30. The normalized spacial score (nSPS) is 15.3. The second-order valence-corrected chi connectivity index (χ2v) is 10.00. The number of amides is 1. The lowest BCUT2D eigenvalue weighted by molar-refractivity contribution is -0.467. The number of carbonyl (C=O) groups is 1. The van der Waals surface area contributed by atoms with E-state index in [9.17, 15) is 18.0 Å². The summed E-state index contributed by atoms with van der Waals surface area (Å²) in [6.45, 7) is -0.960. The van der Waals surface area contributed by atoms with Crippen LogP contribution in [-0.2, 0) is 6.54 Å². The molecule has 1 aliphatic rings. The fourth-order valence-corrected chi connectivity index (χ4v) is 5.02. The van der Waals surface area contributed by atoms with E-state index < -0.39 is 12.7 Å². The molecule has 1 saturated carbocycles. The molecule has 4 rings (SSSR count). The molecule has 0 bridgehead atoms. The van der Waals surface area contributed by atoms with Crippen LogP contribution < -0.4 is 20.7 Å². The van der Waals surface area contributed by atoms with Gasteiger partial charge in [-0.3, -0.25) is 4.79 Å². The van der Waals surface area contributed by atoms with E-state index in [1.165, 1.54) is 17.4 Å². The van der Waals surface area contributed by atoms with Gasteiger partial charge in [0.25, 0.3) is 5.91 Å². The average Bonchev–Trinajstić information content (AvgIpc) is 3.27. The van der Waals surface area contributed by atoms with E-state index in [0.29, 0.717) is 22.5 Å². The van der Waals surface area contributed by atoms with Gasteiger partial charge in [-0.1, -0.05) is 12.0 Å². The molecule has 1 heterocycles. The Morgan fingerprint density at radius 2 is 1.88 bits per heavy atom. The summed E-state index contributed by atoms with van der Waals surface area (Å²) in [5.41, 5.74) is 4.08. The molecule has 3 N–H and O–H groups in total. The Bertz CT molecular complexity index is 1470. The van der Waals surface area contributed by atoms with Crippen LogP contribution in [0.3, 0.4) is 0 Å². The fraction of sp³-hybridized carbons (Fsp3) is 0.400. The van der Waals surface area contributed by atoms with Gasteiger partial charge in [-0.05, 0) is 55.2 Å². The molecule has 0 spiro atoms. The monoisotopic (exact) mass is 554 g/mol. The smallest absolute Gasteiger partial charge is 0.406 e. The Labute approximate surface area is 232 Å². The zero-order valence-electron chi connectivity index (χ0n) is 23.2. The molecule has 1 aromatic heterocycles. The zero-order valence-corrected chi connectivity index (χ0v) is 23.2. The Morgan fingerprint density at radius 3 is 2.52 bits per heavy atom. The highest BCUT2D eigenvalue weighted by atomic mass is 19.4. The quantitative estimate of drug-likeness (QED) is 0.281. The molecule has 0 radical (unpaired) electrons. The Morgan fingerprint density at radius 1 is 1.12 bits per heavy atom. The Balaban J connectivity index is 1.57. The van der Waals surface area contributed by atoms with Crippen LogP contribution in [0.2, 0.25) is 0 Å². The van der Waals surface area contributed by atoms with E-state index in [2.05, 4.69) is 46.5 Å². The van der Waals surface area contributed by atoms with E-state index >= 15 is 0 Å². The molecule has 212 valence electrons. The summed E-state index contributed by atoms with van der Waals surface area (Å²) in [5, 5.41) is 9.97. The van der Waals surface area contributed by atoms with Gasteiger partial charge in [0.1, 0.15) is 26.4 Å². The molecule has 1 fully saturated rings. The summed E-state index contributed by atoms with van der Waals surface area (Å²) in [7, 11) is 7.16. The maximum absolute atomic E-state index is 13.6. The average molecular weight is 555 g/mol. The predicted octanol–water partition coefficient (Wildman–Crippen LogP) is 5.10. The summed E-state index contributed by atoms with van der Waals surface area (Å²) in [4.78, 5) is 11.9. The van der Waals surface area contributed by atoms with E-state index in [1.807, 2.05) is 6.07 Å². The third kappa shape index (κ3) is 6.89. The number of nitrogens with zero attached hydrogens (tertiary/aromatic N) is 2. The lowest BCUT2D eigenvalue weighted by Gasteiger charge is -2.24. The number of nitrogens with one attached hydrogen (secondary N) is 3. The Kier molecular flexibility index (Phi) is 8.93. The van der Waals surface area contributed by atoms with E-state index in [-0.39, 0.29) is 24.2 Å². The highest BCUT2D eigenvalue weighted by molar-refractivity contribution is 5.95. The van der Waals surface area contributed by atoms with Gasteiger partial charge in [0, 0.05) is 42.6 Å². The number of ether oxygens (including phenoxy) is 1. The number of methoxy groups -OCH3 is 1. The van der Waals surface area contributed by atoms with Crippen molar-refractivity contribution in [3.05, 3.63) is 53.7 Å². The third-order valence-corrected chi connectivity index (χ3v) is 7.11. The lowest BCUT2D eigenvalue weighted by atomic mass is 9.93. The van der Waals surface area contributed by atoms with Crippen LogP contribution in [0.1, 0.15) is 41.7 Å². The molecule has 1 aliphatic carbocycles. The van der Waals surface area contributed by atoms with Crippen molar-refractivity contribution in [1.29, 1.82) is 0 Å². The second-order valence-electron chi connectivity index (χ2n) is 10.00. The molecule has 40 heavy (non-hydrogen) atoms. The molecule has 2 aromatic carbocycles. The van der Waals surface area contributed by atoms with Gasteiger partial charge in [-0.25, -0.2) is 4.58 Å². The maximum Gasteiger partial charge on any atom is 0.406 e. The number of rotatable bonds is 7. The van der Waals surface area contributed by atoms with Gasteiger partial charge in [0.15, 0.2) is 5.71 Å². The van der Waals surface area contributed by atoms with Crippen molar-refractivity contribution in [2.45, 2.75) is 44.4 Å². The number of hydrogen-bond acceptors (Lipinski definition) is 4.